The van der Waals surface area contributed by atoms with E-state index in [4.69, 9.17) is 9.97 Å². The number of Topliss-reactive ketones (excluding diaryl/α,β-unsaturated/α-hetero) is 1. The highest BCUT2D eigenvalue weighted by Crippen LogP contribution is 2.35. The molecule has 1 aliphatic heterocycles. The molecule has 31 heavy (non-hydrogen) atoms. The summed E-state index contributed by atoms with van der Waals surface area (Å²) in [6.07, 6.45) is 4.76. The molecule has 8 heteroatoms. The molecule has 2 aromatic heterocycles. The molecule has 0 unspecified atom stereocenters. The van der Waals surface area contributed by atoms with E-state index in [0.717, 1.165) is 44.2 Å². The van der Waals surface area contributed by atoms with Crippen LogP contribution in [0.1, 0.15) is 34.0 Å². The Hall–Kier alpha value is -3.55. The van der Waals surface area contributed by atoms with E-state index in [-0.39, 0.29) is 11.7 Å². The maximum absolute atomic E-state index is 13.0. The monoisotopic (exact) mass is 415 g/mol. The Morgan fingerprint density at radius 2 is 1.55 bits per heavy atom. The van der Waals surface area contributed by atoms with Crippen LogP contribution in [0, 0.1) is 0 Å². The number of anilines is 3. The molecule has 5 rings (SSSR count). The van der Waals surface area contributed by atoms with Crippen molar-refractivity contribution in [1.82, 2.24) is 19.9 Å². The summed E-state index contributed by atoms with van der Waals surface area (Å²) >= 11 is 0. The first-order valence-corrected chi connectivity index (χ1v) is 10.7. The third kappa shape index (κ3) is 3.81. The average molecular weight is 416 g/mol. The summed E-state index contributed by atoms with van der Waals surface area (Å²) < 4.78 is 0. The SMILES string of the molecule is CNc1nc(N2CCN(c3ncccn3)CC2)nc2c1C(=O)C[C@H](c1ccccc1)C2. The first-order chi connectivity index (χ1) is 15.2. The Bertz CT molecular complexity index is 1070. The average Bonchev–Trinajstić information content (AvgIpc) is 2.84. The Labute approximate surface area is 181 Å². The highest BCUT2D eigenvalue weighted by molar-refractivity contribution is 6.03. The second-order valence-electron chi connectivity index (χ2n) is 7.91. The van der Waals surface area contributed by atoms with E-state index in [1.165, 1.54) is 5.56 Å². The van der Waals surface area contributed by atoms with Crippen molar-refractivity contribution >= 4 is 23.5 Å². The van der Waals surface area contributed by atoms with Gasteiger partial charge in [0.25, 0.3) is 0 Å². The Morgan fingerprint density at radius 3 is 2.23 bits per heavy atom. The van der Waals surface area contributed by atoms with Crippen LogP contribution >= 0.6 is 0 Å². The molecule has 3 aromatic rings. The second kappa shape index (κ2) is 8.29. The molecule has 0 bridgehead atoms. The van der Waals surface area contributed by atoms with Crippen molar-refractivity contribution in [2.45, 2.75) is 18.8 Å². The number of rotatable bonds is 4. The lowest BCUT2D eigenvalue weighted by atomic mass is 9.82. The van der Waals surface area contributed by atoms with Gasteiger partial charge in [-0.1, -0.05) is 30.3 Å². The third-order valence-corrected chi connectivity index (χ3v) is 6.03. The summed E-state index contributed by atoms with van der Waals surface area (Å²) in [6, 6.07) is 12.1. The topological polar surface area (TPSA) is 87.1 Å². The summed E-state index contributed by atoms with van der Waals surface area (Å²) in [5.74, 6) is 2.32. The standard InChI is InChI=1S/C23H25N7O/c1-24-21-20-18(14-17(15-19(20)31)16-6-3-2-4-7-16)27-23(28-21)30-12-10-29(11-13-30)22-25-8-5-9-26-22/h2-9,17H,10-15H2,1H3,(H,24,27,28)/t17-/m1/s1. The molecule has 1 atom stereocenters. The van der Waals surface area contributed by atoms with Crippen LogP contribution in [0.5, 0.6) is 0 Å². The zero-order valence-electron chi connectivity index (χ0n) is 17.5. The molecule has 0 radical (unpaired) electrons. The van der Waals surface area contributed by atoms with Gasteiger partial charge in [0.1, 0.15) is 5.82 Å². The number of piperazine rings is 1. The Kier molecular flexibility index (Phi) is 5.19. The fraction of sp³-hybridized carbons (Fsp3) is 0.348. The van der Waals surface area contributed by atoms with Crippen LogP contribution in [0.3, 0.4) is 0 Å². The number of benzene rings is 1. The van der Waals surface area contributed by atoms with Gasteiger partial charge in [-0.05, 0) is 24.0 Å². The predicted octanol–water partition coefficient (Wildman–Crippen LogP) is 2.55. The molecule has 1 saturated heterocycles. The number of hydrogen-bond donors (Lipinski definition) is 1. The van der Waals surface area contributed by atoms with Gasteiger partial charge >= 0.3 is 0 Å². The van der Waals surface area contributed by atoms with Gasteiger partial charge in [-0.15, -0.1) is 0 Å². The Morgan fingerprint density at radius 1 is 0.871 bits per heavy atom. The van der Waals surface area contributed by atoms with E-state index >= 15 is 0 Å². The number of fused-ring (bicyclic) bond motifs is 1. The fourth-order valence-electron chi connectivity index (χ4n) is 4.41. The molecule has 2 aliphatic rings. The summed E-state index contributed by atoms with van der Waals surface area (Å²) in [4.78, 5) is 35.6. The van der Waals surface area contributed by atoms with Crippen molar-refractivity contribution in [2.75, 3.05) is 48.3 Å². The number of carbonyl (C=O) groups is 1. The molecular formula is C23H25N7O. The van der Waals surface area contributed by atoms with E-state index in [2.05, 4.69) is 37.2 Å². The summed E-state index contributed by atoms with van der Waals surface area (Å²) in [7, 11) is 1.81. The number of aromatic nitrogens is 4. The van der Waals surface area contributed by atoms with E-state index in [9.17, 15) is 4.79 Å². The van der Waals surface area contributed by atoms with Crippen LogP contribution < -0.4 is 15.1 Å². The van der Waals surface area contributed by atoms with E-state index in [1.807, 2.05) is 31.3 Å². The van der Waals surface area contributed by atoms with Crippen LogP contribution in [-0.2, 0) is 6.42 Å². The van der Waals surface area contributed by atoms with Gasteiger partial charge in [0.2, 0.25) is 11.9 Å². The molecule has 1 fully saturated rings. The smallest absolute Gasteiger partial charge is 0.227 e. The van der Waals surface area contributed by atoms with Crippen molar-refractivity contribution in [2.24, 2.45) is 0 Å². The van der Waals surface area contributed by atoms with E-state index < -0.39 is 0 Å². The van der Waals surface area contributed by atoms with Gasteiger partial charge in [0.15, 0.2) is 5.78 Å². The molecule has 0 amide bonds. The first kappa shape index (κ1) is 19.4. The number of nitrogens with zero attached hydrogens (tertiary/aromatic N) is 6. The zero-order chi connectivity index (χ0) is 21.2. The van der Waals surface area contributed by atoms with Gasteiger partial charge in [0, 0.05) is 52.0 Å². The molecule has 1 aliphatic carbocycles. The quantitative estimate of drug-likeness (QED) is 0.696. The lowest BCUT2D eigenvalue weighted by Crippen LogP contribution is -2.48. The van der Waals surface area contributed by atoms with Crippen molar-refractivity contribution in [3.8, 4) is 0 Å². The van der Waals surface area contributed by atoms with Crippen LogP contribution in [-0.4, -0.2) is 58.9 Å². The zero-order valence-corrected chi connectivity index (χ0v) is 17.5. The van der Waals surface area contributed by atoms with Gasteiger partial charge in [-0.25, -0.2) is 15.0 Å². The molecule has 1 N–H and O–H groups in total. The van der Waals surface area contributed by atoms with Crippen molar-refractivity contribution in [3.63, 3.8) is 0 Å². The summed E-state index contributed by atoms with van der Waals surface area (Å²) in [5, 5.41) is 3.13. The number of hydrogen-bond acceptors (Lipinski definition) is 8. The van der Waals surface area contributed by atoms with Crippen molar-refractivity contribution < 1.29 is 4.79 Å². The molecule has 0 spiro atoms. The van der Waals surface area contributed by atoms with Crippen LogP contribution in [0.2, 0.25) is 0 Å². The first-order valence-electron chi connectivity index (χ1n) is 10.7. The number of carbonyl (C=O) groups excluding carboxylic acids is 1. The van der Waals surface area contributed by atoms with Crippen LogP contribution in [0.15, 0.2) is 48.8 Å². The van der Waals surface area contributed by atoms with E-state index in [1.54, 1.807) is 12.4 Å². The minimum atomic E-state index is 0.108. The van der Waals surface area contributed by atoms with Crippen molar-refractivity contribution in [3.05, 3.63) is 65.6 Å². The highest BCUT2D eigenvalue weighted by Gasteiger charge is 2.32. The fourth-order valence-corrected chi connectivity index (χ4v) is 4.41. The minimum absolute atomic E-state index is 0.108. The molecule has 8 nitrogen and oxygen atoms in total. The lowest BCUT2D eigenvalue weighted by Gasteiger charge is -2.35. The summed E-state index contributed by atoms with van der Waals surface area (Å²) in [6.45, 7) is 3.14. The molecule has 0 saturated carbocycles. The molecule has 3 heterocycles. The molecule has 1 aromatic carbocycles. The molecular weight excluding hydrogens is 390 g/mol. The predicted molar refractivity (Wildman–Crippen MR) is 120 cm³/mol. The van der Waals surface area contributed by atoms with Gasteiger partial charge in [0.05, 0.1) is 11.3 Å². The minimum Gasteiger partial charge on any atom is -0.372 e. The number of ketones is 1. The lowest BCUT2D eigenvalue weighted by molar-refractivity contribution is 0.0963. The maximum Gasteiger partial charge on any atom is 0.227 e. The Balaban J connectivity index is 1.40. The molecule has 158 valence electrons. The second-order valence-corrected chi connectivity index (χ2v) is 7.91. The van der Waals surface area contributed by atoms with Gasteiger partial charge < -0.3 is 15.1 Å². The maximum atomic E-state index is 13.0. The van der Waals surface area contributed by atoms with Gasteiger partial charge in [-0.2, -0.15) is 4.98 Å². The van der Waals surface area contributed by atoms with Crippen molar-refractivity contribution in [1.29, 1.82) is 0 Å². The third-order valence-electron chi connectivity index (χ3n) is 6.03. The van der Waals surface area contributed by atoms with E-state index in [0.29, 0.717) is 23.8 Å². The number of nitrogens with one attached hydrogen (secondary N) is 1. The van der Waals surface area contributed by atoms with Crippen LogP contribution in [0.25, 0.3) is 0 Å². The van der Waals surface area contributed by atoms with Gasteiger partial charge in [-0.3, -0.25) is 4.79 Å². The van der Waals surface area contributed by atoms with Crippen LogP contribution in [0.4, 0.5) is 17.7 Å². The largest absolute Gasteiger partial charge is 0.372 e. The highest BCUT2D eigenvalue weighted by atomic mass is 16.1. The summed E-state index contributed by atoms with van der Waals surface area (Å²) in [5.41, 5.74) is 2.67. The normalized spacial score (nSPS) is 18.6.